The SMILES string of the molecule is N/C(=N/O)C(COCc1ccc(Cl)cc1)C(F)(F)F. The Kier molecular flexibility index (Phi) is 5.44. The van der Waals surface area contributed by atoms with Gasteiger partial charge in [0.15, 0.2) is 5.84 Å². The zero-order chi connectivity index (χ0) is 14.5. The summed E-state index contributed by atoms with van der Waals surface area (Å²) in [4.78, 5) is 0. The highest BCUT2D eigenvalue weighted by atomic mass is 35.5. The third-order valence-electron chi connectivity index (χ3n) is 2.33. The summed E-state index contributed by atoms with van der Waals surface area (Å²) in [5.74, 6) is -3.06. The second-order valence-corrected chi connectivity index (χ2v) is 4.20. The quantitative estimate of drug-likeness (QED) is 0.380. The van der Waals surface area contributed by atoms with Crippen molar-refractivity contribution in [1.29, 1.82) is 0 Å². The minimum atomic E-state index is -4.63. The molecule has 0 heterocycles. The number of ether oxygens (including phenoxy) is 1. The minimum absolute atomic E-state index is 0.0253. The average Bonchev–Trinajstić information content (AvgIpc) is 2.34. The van der Waals surface area contributed by atoms with E-state index in [1.165, 1.54) is 0 Å². The van der Waals surface area contributed by atoms with Crippen LogP contribution in [0, 0.1) is 5.92 Å². The maximum absolute atomic E-state index is 12.6. The number of benzene rings is 1. The highest BCUT2D eigenvalue weighted by molar-refractivity contribution is 6.30. The molecule has 0 saturated carbocycles. The molecule has 0 spiro atoms. The number of alkyl halides is 3. The minimum Gasteiger partial charge on any atom is -0.409 e. The first-order valence-electron chi connectivity index (χ1n) is 5.21. The van der Waals surface area contributed by atoms with Crippen LogP contribution in [0.4, 0.5) is 13.2 Å². The van der Waals surface area contributed by atoms with Crippen molar-refractivity contribution >= 4 is 17.4 Å². The zero-order valence-electron chi connectivity index (χ0n) is 9.69. The van der Waals surface area contributed by atoms with Crippen LogP contribution in [0.1, 0.15) is 5.56 Å². The zero-order valence-corrected chi connectivity index (χ0v) is 10.4. The fraction of sp³-hybridized carbons (Fsp3) is 0.364. The summed E-state index contributed by atoms with van der Waals surface area (Å²) in [6.07, 6.45) is -4.63. The summed E-state index contributed by atoms with van der Waals surface area (Å²) in [6, 6.07) is 6.47. The van der Waals surface area contributed by atoms with E-state index in [0.717, 1.165) is 0 Å². The van der Waals surface area contributed by atoms with Crippen LogP contribution in [-0.2, 0) is 11.3 Å². The van der Waals surface area contributed by atoms with Gasteiger partial charge in [0.1, 0.15) is 5.92 Å². The first kappa shape index (κ1) is 15.6. The van der Waals surface area contributed by atoms with Gasteiger partial charge in [-0.3, -0.25) is 0 Å². The van der Waals surface area contributed by atoms with E-state index < -0.39 is 24.5 Å². The summed E-state index contributed by atoms with van der Waals surface area (Å²) in [5, 5.41) is 11.2. The number of halogens is 4. The van der Waals surface area contributed by atoms with Crippen molar-refractivity contribution < 1.29 is 23.1 Å². The fourth-order valence-corrected chi connectivity index (χ4v) is 1.42. The lowest BCUT2D eigenvalue weighted by Gasteiger charge is -2.18. The molecule has 1 aromatic carbocycles. The van der Waals surface area contributed by atoms with Gasteiger partial charge in [0.25, 0.3) is 0 Å². The Morgan fingerprint density at radius 3 is 2.42 bits per heavy atom. The number of oxime groups is 1. The van der Waals surface area contributed by atoms with Crippen molar-refractivity contribution in [3.05, 3.63) is 34.9 Å². The molecule has 106 valence electrons. The molecule has 8 heteroatoms. The Hall–Kier alpha value is -1.47. The van der Waals surface area contributed by atoms with E-state index in [0.29, 0.717) is 10.6 Å². The van der Waals surface area contributed by atoms with Gasteiger partial charge in [-0.15, -0.1) is 0 Å². The van der Waals surface area contributed by atoms with Gasteiger partial charge in [-0.2, -0.15) is 13.2 Å². The number of hydrogen-bond donors (Lipinski definition) is 2. The van der Waals surface area contributed by atoms with Crippen LogP contribution < -0.4 is 5.73 Å². The van der Waals surface area contributed by atoms with Gasteiger partial charge in [-0.1, -0.05) is 28.9 Å². The monoisotopic (exact) mass is 296 g/mol. The van der Waals surface area contributed by atoms with Gasteiger partial charge >= 0.3 is 6.18 Å². The molecule has 4 nitrogen and oxygen atoms in total. The lowest BCUT2D eigenvalue weighted by Crippen LogP contribution is -2.39. The van der Waals surface area contributed by atoms with Crippen molar-refractivity contribution in [3.63, 3.8) is 0 Å². The molecule has 0 aliphatic heterocycles. The molecule has 19 heavy (non-hydrogen) atoms. The van der Waals surface area contributed by atoms with Crippen LogP contribution in [0.15, 0.2) is 29.4 Å². The number of nitrogens with zero attached hydrogens (tertiary/aromatic N) is 1. The van der Waals surface area contributed by atoms with Crippen molar-refractivity contribution in [2.75, 3.05) is 6.61 Å². The molecule has 1 rings (SSSR count). The van der Waals surface area contributed by atoms with Gasteiger partial charge in [-0.05, 0) is 17.7 Å². The Bertz CT molecular complexity index is 435. The Morgan fingerprint density at radius 1 is 1.37 bits per heavy atom. The van der Waals surface area contributed by atoms with Gasteiger partial charge in [0, 0.05) is 5.02 Å². The summed E-state index contributed by atoms with van der Waals surface area (Å²) in [6.45, 7) is -0.746. The molecule has 1 unspecified atom stereocenters. The normalized spacial score (nSPS) is 14.4. The first-order valence-corrected chi connectivity index (χ1v) is 5.58. The maximum atomic E-state index is 12.6. The molecule has 3 N–H and O–H groups in total. The topological polar surface area (TPSA) is 67.8 Å². The van der Waals surface area contributed by atoms with E-state index in [1.54, 1.807) is 24.3 Å². The van der Waals surface area contributed by atoms with E-state index in [9.17, 15) is 13.2 Å². The van der Waals surface area contributed by atoms with Crippen LogP contribution in [0.3, 0.4) is 0 Å². The summed E-state index contributed by atoms with van der Waals surface area (Å²) >= 11 is 5.67. The summed E-state index contributed by atoms with van der Waals surface area (Å²) in [5.41, 5.74) is 5.66. The van der Waals surface area contributed by atoms with E-state index in [2.05, 4.69) is 5.16 Å². The van der Waals surface area contributed by atoms with Gasteiger partial charge in [-0.25, -0.2) is 0 Å². The molecule has 1 aromatic rings. The highest BCUT2D eigenvalue weighted by Gasteiger charge is 2.43. The molecule has 0 aromatic heterocycles. The molecule has 1 atom stereocenters. The maximum Gasteiger partial charge on any atom is 0.401 e. The van der Waals surface area contributed by atoms with Crippen molar-refractivity contribution in [1.82, 2.24) is 0 Å². The van der Waals surface area contributed by atoms with E-state index in [-0.39, 0.29) is 6.61 Å². The molecule has 0 saturated heterocycles. The van der Waals surface area contributed by atoms with Crippen LogP contribution in [0.25, 0.3) is 0 Å². The molecular weight excluding hydrogens is 285 g/mol. The Balaban J connectivity index is 2.56. The third-order valence-corrected chi connectivity index (χ3v) is 2.59. The average molecular weight is 297 g/mol. The molecular formula is C11H12ClF3N2O2. The lowest BCUT2D eigenvalue weighted by molar-refractivity contribution is -0.169. The molecule has 0 aliphatic carbocycles. The van der Waals surface area contributed by atoms with E-state index >= 15 is 0 Å². The standard InChI is InChI=1S/C11H12ClF3N2O2/c12-8-3-1-7(2-4-8)5-19-6-9(10(16)17-18)11(13,14)15/h1-4,9,18H,5-6H2,(H2,16,17). The summed E-state index contributed by atoms with van der Waals surface area (Å²) < 4.78 is 42.6. The van der Waals surface area contributed by atoms with Gasteiger partial charge in [0.05, 0.1) is 13.2 Å². The van der Waals surface area contributed by atoms with E-state index in [1.807, 2.05) is 0 Å². The van der Waals surface area contributed by atoms with Crippen LogP contribution in [-0.4, -0.2) is 23.8 Å². The molecule has 0 bridgehead atoms. The predicted octanol–water partition coefficient (Wildman–Crippen LogP) is 2.78. The number of hydrogen-bond acceptors (Lipinski definition) is 3. The van der Waals surface area contributed by atoms with Gasteiger partial charge < -0.3 is 15.7 Å². The lowest BCUT2D eigenvalue weighted by atomic mass is 10.1. The highest BCUT2D eigenvalue weighted by Crippen LogP contribution is 2.27. The molecule has 0 amide bonds. The third kappa shape index (κ3) is 4.96. The number of amidine groups is 1. The van der Waals surface area contributed by atoms with E-state index in [4.69, 9.17) is 27.3 Å². The molecule has 0 radical (unpaired) electrons. The van der Waals surface area contributed by atoms with Crippen molar-refractivity contribution in [2.24, 2.45) is 16.8 Å². The largest absolute Gasteiger partial charge is 0.409 e. The summed E-state index contributed by atoms with van der Waals surface area (Å²) in [7, 11) is 0. The second-order valence-electron chi connectivity index (χ2n) is 3.76. The van der Waals surface area contributed by atoms with Crippen LogP contribution in [0.5, 0.6) is 0 Å². The second kappa shape index (κ2) is 6.63. The van der Waals surface area contributed by atoms with Gasteiger partial charge in [0.2, 0.25) is 0 Å². The van der Waals surface area contributed by atoms with Crippen molar-refractivity contribution in [3.8, 4) is 0 Å². The Labute approximate surface area is 112 Å². The smallest absolute Gasteiger partial charge is 0.401 e. The van der Waals surface area contributed by atoms with Crippen molar-refractivity contribution in [2.45, 2.75) is 12.8 Å². The Morgan fingerprint density at radius 2 is 1.95 bits per heavy atom. The number of rotatable bonds is 5. The molecule has 0 aliphatic rings. The predicted molar refractivity (Wildman–Crippen MR) is 64.1 cm³/mol. The van der Waals surface area contributed by atoms with Crippen LogP contribution >= 0.6 is 11.6 Å². The molecule has 0 fully saturated rings. The first-order chi connectivity index (χ1) is 8.84. The fourth-order valence-electron chi connectivity index (χ4n) is 1.29. The van der Waals surface area contributed by atoms with Crippen LogP contribution in [0.2, 0.25) is 5.02 Å². The number of nitrogens with two attached hydrogens (primary N) is 1.